The normalized spacial score (nSPS) is 11.9. The van der Waals surface area contributed by atoms with E-state index in [-0.39, 0.29) is 5.56 Å². The van der Waals surface area contributed by atoms with Crippen LogP contribution in [-0.2, 0) is 12.1 Å². The van der Waals surface area contributed by atoms with Gasteiger partial charge in [-0.3, -0.25) is 0 Å². The zero-order chi connectivity index (χ0) is 10.9. The van der Waals surface area contributed by atoms with Gasteiger partial charge in [-0.1, -0.05) is 11.6 Å². The van der Waals surface area contributed by atoms with Gasteiger partial charge >= 0.3 is 6.18 Å². The molecule has 0 unspecified atom stereocenters. The van der Waals surface area contributed by atoms with Gasteiger partial charge in [0.15, 0.2) is 0 Å². The Hall–Kier alpha value is -0.480. The van der Waals surface area contributed by atoms with Crippen molar-refractivity contribution < 1.29 is 17.6 Å². The molecular weight excluding hydrogens is 243 g/mol. The molecule has 0 N–H and O–H groups in total. The zero-order valence-corrected chi connectivity index (χ0v) is 8.14. The molecule has 0 amide bonds. The number of alkyl halides is 4. The summed E-state index contributed by atoms with van der Waals surface area (Å²) in [6, 6.07) is 1.23. The molecule has 0 saturated heterocycles. The minimum Gasteiger partial charge on any atom is -0.205 e. The average molecular weight is 247 g/mol. The molecule has 0 fully saturated rings. The molecular formula is C8H4Cl2F4. The van der Waals surface area contributed by atoms with Gasteiger partial charge in [0.25, 0.3) is 0 Å². The first-order chi connectivity index (χ1) is 6.36. The van der Waals surface area contributed by atoms with Crippen molar-refractivity contribution in [3.63, 3.8) is 0 Å². The molecule has 14 heavy (non-hydrogen) atoms. The Morgan fingerprint density at radius 3 is 2.21 bits per heavy atom. The van der Waals surface area contributed by atoms with E-state index in [1.807, 2.05) is 0 Å². The predicted octanol–water partition coefficient (Wildman–Crippen LogP) is 4.24. The van der Waals surface area contributed by atoms with Crippen LogP contribution in [0.1, 0.15) is 11.1 Å². The average Bonchev–Trinajstić information content (AvgIpc) is 2.07. The second-order valence-corrected chi connectivity index (χ2v) is 3.23. The van der Waals surface area contributed by atoms with Crippen LogP contribution in [0.4, 0.5) is 17.6 Å². The fourth-order valence-electron chi connectivity index (χ4n) is 0.962. The molecule has 0 atom stereocenters. The minimum absolute atomic E-state index is 0.318. The Bertz CT molecular complexity index is 346. The van der Waals surface area contributed by atoms with E-state index in [1.165, 1.54) is 0 Å². The summed E-state index contributed by atoms with van der Waals surface area (Å²) in [6.45, 7) is 0. The Kier molecular flexibility index (Phi) is 3.27. The van der Waals surface area contributed by atoms with Crippen molar-refractivity contribution in [1.82, 2.24) is 0 Å². The summed E-state index contributed by atoms with van der Waals surface area (Å²) in [7, 11) is 0. The van der Waals surface area contributed by atoms with Crippen LogP contribution in [-0.4, -0.2) is 0 Å². The Morgan fingerprint density at radius 2 is 1.79 bits per heavy atom. The number of hydrogen-bond donors (Lipinski definition) is 0. The lowest BCUT2D eigenvalue weighted by Crippen LogP contribution is -2.09. The lowest BCUT2D eigenvalue weighted by atomic mass is 10.1. The van der Waals surface area contributed by atoms with E-state index in [9.17, 15) is 17.6 Å². The largest absolute Gasteiger partial charge is 0.416 e. The van der Waals surface area contributed by atoms with Crippen molar-refractivity contribution >= 4 is 23.2 Å². The maximum atomic E-state index is 12.8. The molecule has 0 aromatic heterocycles. The lowest BCUT2D eigenvalue weighted by molar-refractivity contribution is -0.138. The molecule has 0 aliphatic rings. The van der Waals surface area contributed by atoms with Gasteiger partial charge in [0.1, 0.15) is 5.82 Å². The fraction of sp³-hybridized carbons (Fsp3) is 0.250. The van der Waals surface area contributed by atoms with Crippen molar-refractivity contribution in [3.05, 3.63) is 34.1 Å². The highest BCUT2D eigenvalue weighted by Gasteiger charge is 2.33. The van der Waals surface area contributed by atoms with Crippen molar-refractivity contribution in [2.24, 2.45) is 0 Å². The molecule has 1 aromatic rings. The van der Waals surface area contributed by atoms with Gasteiger partial charge < -0.3 is 0 Å². The SMILES string of the molecule is Fc1cc(CCl)c(C(F)(F)F)cc1Cl. The molecule has 78 valence electrons. The van der Waals surface area contributed by atoms with Crippen LogP contribution >= 0.6 is 23.2 Å². The van der Waals surface area contributed by atoms with E-state index in [4.69, 9.17) is 23.2 Å². The van der Waals surface area contributed by atoms with Crippen LogP contribution in [0.15, 0.2) is 12.1 Å². The summed E-state index contributed by atoms with van der Waals surface area (Å²) in [6.07, 6.45) is -4.57. The van der Waals surface area contributed by atoms with Crippen molar-refractivity contribution in [1.29, 1.82) is 0 Å². The summed E-state index contributed by atoms with van der Waals surface area (Å²) in [4.78, 5) is 0. The third-order valence-corrected chi connectivity index (χ3v) is 2.17. The highest BCUT2D eigenvalue weighted by atomic mass is 35.5. The minimum atomic E-state index is -4.57. The number of hydrogen-bond acceptors (Lipinski definition) is 0. The van der Waals surface area contributed by atoms with Gasteiger partial charge in [0.2, 0.25) is 0 Å². The standard InChI is InChI=1S/C8H4Cl2F4/c9-3-4-1-7(11)6(10)2-5(4)8(12,13)14/h1-2H,3H2. The highest BCUT2D eigenvalue weighted by molar-refractivity contribution is 6.30. The zero-order valence-electron chi connectivity index (χ0n) is 6.63. The van der Waals surface area contributed by atoms with Gasteiger partial charge in [0.05, 0.1) is 10.6 Å². The summed E-state index contributed by atoms with van der Waals surface area (Å²) in [5.41, 5.74) is -1.32. The van der Waals surface area contributed by atoms with Crippen LogP contribution in [0.3, 0.4) is 0 Å². The maximum Gasteiger partial charge on any atom is 0.416 e. The second kappa shape index (κ2) is 3.95. The maximum absolute atomic E-state index is 12.8. The summed E-state index contributed by atoms with van der Waals surface area (Å²) < 4.78 is 49.7. The van der Waals surface area contributed by atoms with E-state index in [2.05, 4.69) is 0 Å². The molecule has 1 rings (SSSR count). The molecule has 1 aromatic carbocycles. The predicted molar refractivity (Wildman–Crippen MR) is 46.0 cm³/mol. The number of halogens is 6. The number of benzene rings is 1. The molecule has 0 bridgehead atoms. The van der Waals surface area contributed by atoms with E-state index in [1.54, 1.807) is 0 Å². The van der Waals surface area contributed by atoms with Gasteiger partial charge in [-0.05, 0) is 17.7 Å². The van der Waals surface area contributed by atoms with Crippen LogP contribution < -0.4 is 0 Å². The summed E-state index contributed by atoms with van der Waals surface area (Å²) in [5, 5.41) is -0.564. The van der Waals surface area contributed by atoms with E-state index < -0.39 is 28.5 Å². The topological polar surface area (TPSA) is 0 Å². The third kappa shape index (κ3) is 2.30. The first-order valence-corrected chi connectivity index (χ1v) is 4.38. The molecule has 0 radical (unpaired) electrons. The Morgan fingerprint density at radius 1 is 1.21 bits per heavy atom. The van der Waals surface area contributed by atoms with E-state index in [0.717, 1.165) is 0 Å². The fourth-order valence-corrected chi connectivity index (χ4v) is 1.35. The molecule has 0 spiro atoms. The molecule has 6 heteroatoms. The van der Waals surface area contributed by atoms with Crippen LogP contribution in [0.2, 0.25) is 5.02 Å². The van der Waals surface area contributed by atoms with E-state index in [0.29, 0.717) is 12.1 Å². The molecule has 0 nitrogen and oxygen atoms in total. The quantitative estimate of drug-likeness (QED) is 0.514. The van der Waals surface area contributed by atoms with Crippen molar-refractivity contribution in [2.45, 2.75) is 12.1 Å². The first kappa shape index (κ1) is 11.6. The molecule has 0 aliphatic heterocycles. The Balaban J connectivity index is 3.35. The smallest absolute Gasteiger partial charge is 0.205 e. The molecule has 0 heterocycles. The van der Waals surface area contributed by atoms with Gasteiger partial charge in [-0.2, -0.15) is 13.2 Å². The summed E-state index contributed by atoms with van der Waals surface area (Å²) >= 11 is 10.5. The van der Waals surface area contributed by atoms with Crippen LogP contribution in [0.5, 0.6) is 0 Å². The second-order valence-electron chi connectivity index (χ2n) is 2.55. The van der Waals surface area contributed by atoms with Crippen molar-refractivity contribution in [3.8, 4) is 0 Å². The van der Waals surface area contributed by atoms with Crippen LogP contribution in [0, 0.1) is 5.82 Å². The first-order valence-electron chi connectivity index (χ1n) is 3.47. The van der Waals surface area contributed by atoms with Gasteiger partial charge in [0, 0.05) is 5.88 Å². The molecule has 0 aliphatic carbocycles. The van der Waals surface area contributed by atoms with Gasteiger partial charge in [-0.15, -0.1) is 11.6 Å². The van der Waals surface area contributed by atoms with Gasteiger partial charge in [-0.25, -0.2) is 4.39 Å². The Labute approximate surface area is 87.4 Å². The van der Waals surface area contributed by atoms with Crippen LogP contribution in [0.25, 0.3) is 0 Å². The highest BCUT2D eigenvalue weighted by Crippen LogP contribution is 2.35. The lowest BCUT2D eigenvalue weighted by Gasteiger charge is -2.11. The third-order valence-electron chi connectivity index (χ3n) is 1.60. The van der Waals surface area contributed by atoms with Crippen molar-refractivity contribution in [2.75, 3.05) is 0 Å². The van der Waals surface area contributed by atoms with E-state index >= 15 is 0 Å². The molecule has 0 saturated carbocycles. The monoisotopic (exact) mass is 246 g/mol. The summed E-state index contributed by atoms with van der Waals surface area (Å²) in [5.74, 6) is -1.32. The number of rotatable bonds is 1.